The summed E-state index contributed by atoms with van der Waals surface area (Å²) in [6.07, 6.45) is 2.65. The third-order valence-corrected chi connectivity index (χ3v) is 5.71. The molecule has 0 unspecified atom stereocenters. The van der Waals surface area contributed by atoms with Crippen molar-refractivity contribution in [3.8, 4) is 5.75 Å². The Hall–Kier alpha value is -2.83. The normalized spacial score (nSPS) is 13.8. The molecule has 7 heteroatoms. The summed E-state index contributed by atoms with van der Waals surface area (Å²) in [6.45, 7) is 5.50. The van der Waals surface area contributed by atoms with Crippen LogP contribution in [-0.2, 0) is 14.3 Å². The van der Waals surface area contributed by atoms with E-state index in [1.165, 1.54) is 4.90 Å². The molecule has 1 heterocycles. The predicted molar refractivity (Wildman–Crippen MR) is 127 cm³/mol. The molecule has 1 aliphatic heterocycles. The van der Waals surface area contributed by atoms with E-state index >= 15 is 0 Å². The fraction of sp³-hybridized carbons (Fsp3) is 0.360. The summed E-state index contributed by atoms with van der Waals surface area (Å²) in [7, 11) is 1.58. The van der Waals surface area contributed by atoms with Crippen molar-refractivity contribution in [2.45, 2.75) is 33.1 Å². The predicted octanol–water partition coefficient (Wildman–Crippen LogP) is 5.06. The molecule has 0 saturated carbocycles. The van der Waals surface area contributed by atoms with Gasteiger partial charge in [0.25, 0.3) is 11.8 Å². The van der Waals surface area contributed by atoms with Crippen LogP contribution >= 0.6 is 11.6 Å². The van der Waals surface area contributed by atoms with Gasteiger partial charge in [-0.2, -0.15) is 0 Å². The fourth-order valence-corrected chi connectivity index (χ4v) is 3.59. The minimum Gasteiger partial charge on any atom is -0.497 e. The van der Waals surface area contributed by atoms with E-state index < -0.39 is 0 Å². The standard InChI is InChI=1S/C25H29ClN2O4/c1-4-5-14-32-15-6-13-28-24(29)22(18-8-11-20(31-3)12-9-18)23(25(28)30)27-19-10-7-17(2)21(26)16-19/h7-12,16,27H,4-6,13-15H2,1-3H3. The van der Waals surface area contributed by atoms with Gasteiger partial charge in [-0.3, -0.25) is 14.5 Å². The van der Waals surface area contributed by atoms with Gasteiger partial charge in [-0.15, -0.1) is 0 Å². The molecule has 2 aromatic carbocycles. The molecular weight excluding hydrogens is 428 g/mol. The highest BCUT2D eigenvalue weighted by molar-refractivity contribution is 6.36. The van der Waals surface area contributed by atoms with E-state index in [0.29, 0.717) is 53.8 Å². The first kappa shape index (κ1) is 23.8. The third-order valence-electron chi connectivity index (χ3n) is 5.30. The van der Waals surface area contributed by atoms with E-state index in [-0.39, 0.29) is 17.5 Å². The van der Waals surface area contributed by atoms with Crippen molar-refractivity contribution in [2.24, 2.45) is 0 Å². The highest BCUT2D eigenvalue weighted by atomic mass is 35.5. The van der Waals surface area contributed by atoms with Crippen molar-refractivity contribution in [3.63, 3.8) is 0 Å². The number of aryl methyl sites for hydroxylation is 1. The first-order valence-electron chi connectivity index (χ1n) is 10.8. The molecule has 3 rings (SSSR count). The minimum absolute atomic E-state index is 0.243. The van der Waals surface area contributed by atoms with Gasteiger partial charge in [0, 0.05) is 30.5 Å². The summed E-state index contributed by atoms with van der Waals surface area (Å²) in [5, 5.41) is 3.72. The molecule has 0 spiro atoms. The Morgan fingerprint density at radius 1 is 1.00 bits per heavy atom. The van der Waals surface area contributed by atoms with Crippen LogP contribution in [0.3, 0.4) is 0 Å². The van der Waals surface area contributed by atoms with Crippen molar-refractivity contribution in [1.82, 2.24) is 4.90 Å². The van der Waals surface area contributed by atoms with E-state index in [1.54, 1.807) is 37.4 Å². The maximum absolute atomic E-state index is 13.3. The number of hydrogen-bond donors (Lipinski definition) is 1. The largest absolute Gasteiger partial charge is 0.497 e. The number of halogens is 1. The third kappa shape index (κ3) is 5.50. The molecule has 0 radical (unpaired) electrons. The van der Waals surface area contributed by atoms with Crippen LogP contribution in [-0.4, -0.2) is 43.6 Å². The van der Waals surface area contributed by atoms with Crippen LogP contribution in [0.4, 0.5) is 5.69 Å². The highest BCUT2D eigenvalue weighted by Gasteiger charge is 2.38. The number of ether oxygens (including phenoxy) is 2. The molecule has 1 aliphatic rings. The van der Waals surface area contributed by atoms with Crippen molar-refractivity contribution >= 4 is 34.7 Å². The van der Waals surface area contributed by atoms with Crippen LogP contribution < -0.4 is 10.1 Å². The zero-order valence-corrected chi connectivity index (χ0v) is 19.5. The zero-order valence-electron chi connectivity index (χ0n) is 18.7. The Morgan fingerprint density at radius 2 is 1.72 bits per heavy atom. The van der Waals surface area contributed by atoms with Crippen LogP contribution in [0.2, 0.25) is 5.02 Å². The average molecular weight is 457 g/mol. The number of methoxy groups -OCH3 is 1. The van der Waals surface area contributed by atoms with Gasteiger partial charge < -0.3 is 14.8 Å². The number of carbonyl (C=O) groups excluding carboxylic acids is 2. The number of carbonyl (C=O) groups is 2. The lowest BCUT2D eigenvalue weighted by Gasteiger charge is -2.15. The molecule has 170 valence electrons. The smallest absolute Gasteiger partial charge is 0.278 e. The van der Waals surface area contributed by atoms with E-state index in [0.717, 1.165) is 18.4 Å². The maximum Gasteiger partial charge on any atom is 0.278 e. The SMILES string of the molecule is CCCCOCCCN1C(=O)C(Nc2ccc(C)c(Cl)c2)=C(c2ccc(OC)cc2)C1=O. The lowest BCUT2D eigenvalue weighted by atomic mass is 10.0. The molecule has 1 N–H and O–H groups in total. The topological polar surface area (TPSA) is 67.9 Å². The summed E-state index contributed by atoms with van der Waals surface area (Å²) < 4.78 is 10.8. The van der Waals surface area contributed by atoms with E-state index in [4.69, 9.17) is 21.1 Å². The van der Waals surface area contributed by atoms with E-state index in [1.807, 2.05) is 19.1 Å². The lowest BCUT2D eigenvalue weighted by molar-refractivity contribution is -0.137. The molecular formula is C25H29ClN2O4. The second kappa shape index (κ2) is 11.2. The van der Waals surface area contributed by atoms with Gasteiger partial charge in [-0.05, 0) is 55.2 Å². The van der Waals surface area contributed by atoms with E-state index in [2.05, 4.69) is 12.2 Å². The molecule has 2 amide bonds. The molecule has 0 atom stereocenters. The Labute approximate surface area is 194 Å². The quantitative estimate of drug-likeness (QED) is 0.378. The molecule has 2 aromatic rings. The number of nitrogens with zero attached hydrogens (tertiary/aromatic N) is 1. The average Bonchev–Trinajstić information content (AvgIpc) is 3.02. The molecule has 32 heavy (non-hydrogen) atoms. The van der Waals surface area contributed by atoms with Crippen LogP contribution in [0.25, 0.3) is 5.57 Å². The number of anilines is 1. The van der Waals surface area contributed by atoms with Gasteiger partial charge in [-0.25, -0.2) is 0 Å². The lowest BCUT2D eigenvalue weighted by Crippen LogP contribution is -2.34. The van der Waals surface area contributed by atoms with Crippen molar-refractivity contribution in [1.29, 1.82) is 0 Å². The minimum atomic E-state index is -0.355. The second-order valence-electron chi connectivity index (χ2n) is 7.65. The van der Waals surface area contributed by atoms with Crippen LogP contribution in [0.1, 0.15) is 37.3 Å². The number of hydrogen-bond acceptors (Lipinski definition) is 5. The molecule has 0 aromatic heterocycles. The van der Waals surface area contributed by atoms with Gasteiger partial charge in [0.1, 0.15) is 11.4 Å². The second-order valence-corrected chi connectivity index (χ2v) is 8.06. The van der Waals surface area contributed by atoms with Gasteiger partial charge in [0.05, 0.1) is 12.7 Å². The Balaban J connectivity index is 1.85. The van der Waals surface area contributed by atoms with Crippen LogP contribution in [0, 0.1) is 6.92 Å². The Morgan fingerprint density at radius 3 is 2.38 bits per heavy atom. The van der Waals surface area contributed by atoms with Crippen LogP contribution in [0.5, 0.6) is 5.75 Å². The van der Waals surface area contributed by atoms with Gasteiger partial charge in [-0.1, -0.05) is 43.1 Å². The van der Waals surface area contributed by atoms with Crippen LogP contribution in [0.15, 0.2) is 48.2 Å². The van der Waals surface area contributed by atoms with Crippen molar-refractivity contribution < 1.29 is 19.1 Å². The molecule has 0 aliphatic carbocycles. The van der Waals surface area contributed by atoms with Crippen molar-refractivity contribution in [2.75, 3.05) is 32.2 Å². The summed E-state index contributed by atoms with van der Waals surface area (Å²) in [5.74, 6) is -0.00691. The molecule has 0 saturated heterocycles. The number of benzene rings is 2. The number of nitrogens with one attached hydrogen (secondary N) is 1. The van der Waals surface area contributed by atoms with E-state index in [9.17, 15) is 9.59 Å². The summed E-state index contributed by atoms with van der Waals surface area (Å²) in [4.78, 5) is 27.8. The van der Waals surface area contributed by atoms with Crippen molar-refractivity contribution in [3.05, 3.63) is 64.3 Å². The highest BCUT2D eigenvalue weighted by Crippen LogP contribution is 2.32. The number of amides is 2. The van der Waals surface area contributed by atoms with Gasteiger partial charge in [0.2, 0.25) is 0 Å². The number of unbranched alkanes of at least 4 members (excludes halogenated alkanes) is 1. The number of imide groups is 1. The first-order chi connectivity index (χ1) is 15.5. The summed E-state index contributed by atoms with van der Waals surface area (Å²) >= 11 is 6.25. The molecule has 0 bridgehead atoms. The Bertz CT molecular complexity index is 1000. The number of rotatable bonds is 11. The Kier molecular flexibility index (Phi) is 8.31. The molecule has 0 fully saturated rings. The molecule has 6 nitrogen and oxygen atoms in total. The summed E-state index contributed by atoms with van der Waals surface area (Å²) in [5.41, 5.74) is 2.80. The first-order valence-corrected chi connectivity index (χ1v) is 11.2. The monoisotopic (exact) mass is 456 g/mol. The van der Waals surface area contributed by atoms with Gasteiger partial charge >= 0.3 is 0 Å². The maximum atomic E-state index is 13.3. The van der Waals surface area contributed by atoms with Gasteiger partial charge in [0.15, 0.2) is 0 Å². The fourth-order valence-electron chi connectivity index (χ4n) is 3.41. The summed E-state index contributed by atoms with van der Waals surface area (Å²) in [6, 6.07) is 12.5. The zero-order chi connectivity index (χ0) is 23.1.